The number of guanidine groups is 1. The molecule has 1 fully saturated rings. The molecule has 2 aromatic rings. The van der Waals surface area contributed by atoms with Crippen molar-refractivity contribution < 1.29 is 14.2 Å². The van der Waals surface area contributed by atoms with Gasteiger partial charge < -0.3 is 29.3 Å². The summed E-state index contributed by atoms with van der Waals surface area (Å²) in [5.41, 5.74) is 2.42. The minimum atomic E-state index is 0.750. The maximum absolute atomic E-state index is 5.39. The lowest BCUT2D eigenvalue weighted by molar-refractivity contribution is 0.354. The molecular weight excluding hydrogens is 380 g/mol. The fraction of sp³-hybridized carbons (Fsp3) is 0.435. The van der Waals surface area contributed by atoms with Crippen LogP contribution in [0.25, 0.3) is 0 Å². The van der Waals surface area contributed by atoms with Gasteiger partial charge in [0.05, 0.1) is 21.3 Å². The van der Waals surface area contributed by atoms with Gasteiger partial charge in [0.15, 0.2) is 17.5 Å². The standard InChI is InChI=1S/C23H32N4O3/c1-24-23(25-12-11-18-5-10-21(29-3)22(17-18)30-4)27-15-13-26(14-16-27)19-6-8-20(28-2)9-7-19/h5-10,17H,11-16H2,1-4H3,(H,24,25). The molecule has 0 aromatic heterocycles. The Morgan fingerprint density at radius 3 is 2.20 bits per heavy atom. The van der Waals surface area contributed by atoms with Crippen LogP contribution in [0.2, 0.25) is 0 Å². The van der Waals surface area contributed by atoms with Crippen LogP contribution >= 0.6 is 0 Å². The smallest absolute Gasteiger partial charge is 0.193 e. The summed E-state index contributed by atoms with van der Waals surface area (Å²) in [6, 6.07) is 14.3. The van der Waals surface area contributed by atoms with Crippen LogP contribution in [0.1, 0.15) is 5.56 Å². The third-order valence-corrected chi connectivity index (χ3v) is 5.37. The van der Waals surface area contributed by atoms with Gasteiger partial charge >= 0.3 is 0 Å². The Balaban J connectivity index is 1.49. The van der Waals surface area contributed by atoms with E-state index in [1.165, 1.54) is 11.3 Å². The van der Waals surface area contributed by atoms with Crippen molar-refractivity contribution in [3.05, 3.63) is 48.0 Å². The molecule has 2 aromatic carbocycles. The quantitative estimate of drug-likeness (QED) is 0.557. The molecule has 1 aliphatic rings. The Hall–Kier alpha value is -3.09. The summed E-state index contributed by atoms with van der Waals surface area (Å²) in [5.74, 6) is 3.34. The number of ether oxygens (including phenoxy) is 3. The molecule has 1 aliphatic heterocycles. The summed E-state index contributed by atoms with van der Waals surface area (Å²) in [6.45, 7) is 4.59. The fourth-order valence-corrected chi connectivity index (χ4v) is 3.66. The van der Waals surface area contributed by atoms with E-state index >= 15 is 0 Å². The van der Waals surface area contributed by atoms with E-state index in [1.54, 1.807) is 21.3 Å². The van der Waals surface area contributed by atoms with Crippen LogP contribution in [0.5, 0.6) is 17.2 Å². The summed E-state index contributed by atoms with van der Waals surface area (Å²) in [4.78, 5) is 9.19. The van der Waals surface area contributed by atoms with Crippen molar-refractivity contribution in [2.45, 2.75) is 6.42 Å². The summed E-state index contributed by atoms with van der Waals surface area (Å²) < 4.78 is 15.9. The molecule has 0 unspecified atom stereocenters. The Morgan fingerprint density at radius 2 is 1.60 bits per heavy atom. The number of aliphatic imine (C=N–C) groups is 1. The van der Waals surface area contributed by atoms with Crippen molar-refractivity contribution in [3.8, 4) is 17.2 Å². The molecule has 1 N–H and O–H groups in total. The average Bonchev–Trinajstić information content (AvgIpc) is 2.82. The molecule has 3 rings (SSSR count). The zero-order chi connectivity index (χ0) is 21.3. The number of rotatable bonds is 7. The lowest BCUT2D eigenvalue weighted by Crippen LogP contribution is -2.52. The van der Waals surface area contributed by atoms with Crippen molar-refractivity contribution in [3.63, 3.8) is 0 Å². The third kappa shape index (κ3) is 5.28. The number of nitrogens with one attached hydrogen (secondary N) is 1. The van der Waals surface area contributed by atoms with Crippen molar-refractivity contribution in [2.24, 2.45) is 4.99 Å². The van der Waals surface area contributed by atoms with Crippen LogP contribution in [-0.4, -0.2) is 72.0 Å². The Labute approximate surface area is 179 Å². The third-order valence-electron chi connectivity index (χ3n) is 5.37. The first kappa shape index (κ1) is 21.6. The van der Waals surface area contributed by atoms with Crippen molar-refractivity contribution >= 4 is 11.6 Å². The molecule has 0 radical (unpaired) electrons. The van der Waals surface area contributed by atoms with Gasteiger partial charge in [-0.2, -0.15) is 0 Å². The van der Waals surface area contributed by atoms with E-state index in [0.29, 0.717) is 0 Å². The number of piperazine rings is 1. The molecule has 7 nitrogen and oxygen atoms in total. The van der Waals surface area contributed by atoms with Gasteiger partial charge in [0.25, 0.3) is 0 Å². The fourth-order valence-electron chi connectivity index (χ4n) is 3.66. The first-order chi connectivity index (χ1) is 14.7. The second-order valence-corrected chi connectivity index (χ2v) is 7.09. The largest absolute Gasteiger partial charge is 0.497 e. The highest BCUT2D eigenvalue weighted by molar-refractivity contribution is 5.80. The number of benzene rings is 2. The van der Waals surface area contributed by atoms with Gasteiger partial charge in [-0.05, 0) is 48.4 Å². The SMILES string of the molecule is CN=C(NCCc1ccc(OC)c(OC)c1)N1CCN(c2ccc(OC)cc2)CC1. The molecule has 0 bridgehead atoms. The van der Waals surface area contributed by atoms with E-state index in [4.69, 9.17) is 14.2 Å². The average molecular weight is 413 g/mol. The molecule has 30 heavy (non-hydrogen) atoms. The van der Waals surface area contributed by atoms with E-state index < -0.39 is 0 Å². The molecule has 0 amide bonds. The highest BCUT2D eigenvalue weighted by Gasteiger charge is 2.19. The Kier molecular flexibility index (Phi) is 7.65. The van der Waals surface area contributed by atoms with Gasteiger partial charge in [0.2, 0.25) is 0 Å². The Bertz CT molecular complexity index is 831. The molecule has 1 heterocycles. The lowest BCUT2D eigenvalue weighted by atomic mass is 10.1. The van der Waals surface area contributed by atoms with E-state index in [9.17, 15) is 0 Å². The zero-order valence-electron chi connectivity index (χ0n) is 18.4. The minimum absolute atomic E-state index is 0.750. The normalized spacial score (nSPS) is 14.5. The van der Waals surface area contributed by atoms with Gasteiger partial charge in [-0.25, -0.2) is 0 Å². The van der Waals surface area contributed by atoms with E-state index in [0.717, 1.165) is 62.4 Å². The van der Waals surface area contributed by atoms with Crippen molar-refractivity contribution in [2.75, 3.05) is 66.0 Å². The number of hydrogen-bond acceptors (Lipinski definition) is 5. The topological polar surface area (TPSA) is 58.6 Å². The highest BCUT2D eigenvalue weighted by Crippen LogP contribution is 2.27. The molecule has 162 valence electrons. The van der Waals surface area contributed by atoms with Crippen LogP contribution in [-0.2, 0) is 6.42 Å². The van der Waals surface area contributed by atoms with Gasteiger partial charge in [-0.15, -0.1) is 0 Å². The predicted octanol–water partition coefficient (Wildman–Crippen LogP) is 2.65. The molecule has 0 aliphatic carbocycles. The van der Waals surface area contributed by atoms with Crippen LogP contribution in [0.4, 0.5) is 5.69 Å². The lowest BCUT2D eigenvalue weighted by Gasteiger charge is -2.37. The molecule has 1 saturated heterocycles. The molecular formula is C23H32N4O3. The van der Waals surface area contributed by atoms with Crippen LogP contribution in [0.15, 0.2) is 47.5 Å². The second kappa shape index (κ2) is 10.6. The van der Waals surface area contributed by atoms with Gasteiger partial charge in [0, 0.05) is 45.5 Å². The maximum Gasteiger partial charge on any atom is 0.193 e. The monoisotopic (exact) mass is 412 g/mol. The second-order valence-electron chi connectivity index (χ2n) is 7.09. The van der Waals surface area contributed by atoms with Gasteiger partial charge in [-0.3, -0.25) is 4.99 Å². The zero-order valence-corrected chi connectivity index (χ0v) is 18.4. The number of hydrogen-bond donors (Lipinski definition) is 1. The van der Waals surface area contributed by atoms with Gasteiger partial charge in [-0.1, -0.05) is 6.07 Å². The summed E-state index contributed by atoms with van der Waals surface area (Å²) >= 11 is 0. The number of nitrogens with zero attached hydrogens (tertiary/aromatic N) is 3. The summed E-state index contributed by atoms with van der Waals surface area (Å²) in [7, 11) is 6.84. The van der Waals surface area contributed by atoms with E-state index in [2.05, 4.69) is 38.3 Å². The number of methoxy groups -OCH3 is 3. The van der Waals surface area contributed by atoms with Crippen LogP contribution < -0.4 is 24.4 Å². The first-order valence-electron chi connectivity index (χ1n) is 10.2. The molecule has 7 heteroatoms. The highest BCUT2D eigenvalue weighted by atomic mass is 16.5. The number of anilines is 1. The Morgan fingerprint density at radius 1 is 0.900 bits per heavy atom. The van der Waals surface area contributed by atoms with E-state index in [-0.39, 0.29) is 0 Å². The molecule has 0 spiro atoms. The molecule has 0 saturated carbocycles. The van der Waals surface area contributed by atoms with Crippen molar-refractivity contribution in [1.82, 2.24) is 10.2 Å². The van der Waals surface area contributed by atoms with Crippen LogP contribution in [0, 0.1) is 0 Å². The van der Waals surface area contributed by atoms with E-state index in [1.807, 2.05) is 31.3 Å². The minimum Gasteiger partial charge on any atom is -0.497 e. The maximum atomic E-state index is 5.39. The first-order valence-corrected chi connectivity index (χ1v) is 10.2. The van der Waals surface area contributed by atoms with Gasteiger partial charge in [0.1, 0.15) is 5.75 Å². The van der Waals surface area contributed by atoms with Crippen LogP contribution in [0.3, 0.4) is 0 Å². The van der Waals surface area contributed by atoms with Crippen molar-refractivity contribution in [1.29, 1.82) is 0 Å². The molecule has 0 atom stereocenters. The predicted molar refractivity (Wildman–Crippen MR) is 121 cm³/mol. The summed E-state index contributed by atoms with van der Waals surface area (Å²) in [6.07, 6.45) is 0.880. The summed E-state index contributed by atoms with van der Waals surface area (Å²) in [5, 5.41) is 3.49.